The second kappa shape index (κ2) is 5.82. The van der Waals surface area contributed by atoms with Crippen LogP contribution < -0.4 is 0 Å². The molecule has 0 amide bonds. The second-order valence-corrected chi connectivity index (χ2v) is 6.89. The number of aromatic nitrogens is 1. The number of thioether (sulfide) groups is 1. The summed E-state index contributed by atoms with van der Waals surface area (Å²) in [5.74, 6) is 0. The molecular weight excluding hydrogens is 330 g/mol. The molecule has 2 heterocycles. The van der Waals surface area contributed by atoms with Crippen molar-refractivity contribution in [3.05, 3.63) is 53.9 Å². The number of halogens is 1. The molecule has 4 nitrogen and oxygen atoms in total. The van der Waals surface area contributed by atoms with E-state index in [0.717, 1.165) is 28.3 Å². The largest absolute Gasteiger partial charge is 0.366 e. The average molecular weight is 348 g/mol. The first-order chi connectivity index (χ1) is 10.6. The maximum atomic E-state index is 11.2. The van der Waals surface area contributed by atoms with Crippen LogP contribution in [-0.4, -0.2) is 39.5 Å². The summed E-state index contributed by atoms with van der Waals surface area (Å²) in [6.07, 6.45) is 4.50. The van der Waals surface area contributed by atoms with Gasteiger partial charge in [-0.15, -0.1) is 12.4 Å². The number of fused-ring (bicyclic) bond motifs is 3. The van der Waals surface area contributed by atoms with Gasteiger partial charge in [0.05, 0.1) is 5.25 Å². The van der Waals surface area contributed by atoms with Crippen molar-refractivity contribution in [1.82, 2.24) is 9.88 Å². The van der Waals surface area contributed by atoms with Crippen molar-refractivity contribution in [2.45, 2.75) is 17.4 Å². The minimum Gasteiger partial charge on any atom is -0.366 e. The molecule has 0 saturated carbocycles. The topological polar surface area (TPSA) is 48.7 Å². The van der Waals surface area contributed by atoms with Crippen LogP contribution in [0.2, 0.25) is 0 Å². The zero-order valence-corrected chi connectivity index (χ0v) is 14.6. The van der Waals surface area contributed by atoms with Crippen LogP contribution in [0.5, 0.6) is 0 Å². The van der Waals surface area contributed by atoms with Crippen molar-refractivity contribution < 1.29 is 5.11 Å². The molecule has 2 atom stereocenters. The summed E-state index contributed by atoms with van der Waals surface area (Å²) in [5, 5.41) is 12.2. The van der Waals surface area contributed by atoms with Crippen molar-refractivity contribution in [2.24, 2.45) is 4.99 Å². The number of aliphatic hydroxyl groups is 1. The van der Waals surface area contributed by atoms with Gasteiger partial charge in [-0.25, -0.2) is 0 Å². The highest BCUT2D eigenvalue weighted by Crippen LogP contribution is 2.51. The molecule has 0 bridgehead atoms. The molecule has 1 aliphatic heterocycles. The van der Waals surface area contributed by atoms with Gasteiger partial charge in [0.1, 0.15) is 0 Å². The highest BCUT2D eigenvalue weighted by Gasteiger charge is 2.55. The summed E-state index contributed by atoms with van der Waals surface area (Å²) in [6.45, 7) is 0. The Bertz CT molecular complexity index is 768. The quantitative estimate of drug-likeness (QED) is 0.861. The van der Waals surface area contributed by atoms with Crippen LogP contribution in [0.15, 0.2) is 47.7 Å². The molecule has 2 aliphatic rings. The fraction of sp³-hybridized carbons (Fsp3) is 0.294. The Morgan fingerprint density at radius 3 is 2.87 bits per heavy atom. The Hall–Kier alpha value is -1.56. The van der Waals surface area contributed by atoms with E-state index in [0.29, 0.717) is 0 Å². The van der Waals surface area contributed by atoms with E-state index in [-0.39, 0.29) is 17.7 Å². The Kier molecular flexibility index (Phi) is 4.12. The monoisotopic (exact) mass is 347 g/mol. The number of benzene rings is 1. The highest BCUT2D eigenvalue weighted by molar-refractivity contribution is 8.14. The molecular formula is C17H18ClN3OS. The highest BCUT2D eigenvalue weighted by atomic mass is 35.5. The Balaban J connectivity index is 0.00000156. The lowest BCUT2D eigenvalue weighted by Gasteiger charge is -2.31. The summed E-state index contributed by atoms with van der Waals surface area (Å²) in [7, 11) is 3.69. The summed E-state index contributed by atoms with van der Waals surface area (Å²) < 4.78 is 0. The van der Waals surface area contributed by atoms with Crippen LogP contribution in [0, 0.1) is 0 Å². The predicted molar refractivity (Wildman–Crippen MR) is 97.0 cm³/mol. The van der Waals surface area contributed by atoms with Crippen LogP contribution >= 0.6 is 24.2 Å². The molecule has 1 fully saturated rings. The third-order valence-electron chi connectivity index (χ3n) is 4.59. The smallest absolute Gasteiger partial charge is 0.178 e. The van der Waals surface area contributed by atoms with Crippen molar-refractivity contribution in [2.75, 3.05) is 14.1 Å². The number of amidine groups is 1. The Morgan fingerprint density at radius 2 is 2.17 bits per heavy atom. The molecule has 0 radical (unpaired) electrons. The number of hydrogen-bond acceptors (Lipinski definition) is 4. The SMILES string of the molecule is CN=C1SC2Cc3cc(-c4cccnc4)ccc3C2(O)N1C.Cl. The van der Waals surface area contributed by atoms with Gasteiger partial charge in [0.15, 0.2) is 10.9 Å². The average Bonchev–Trinajstić information content (AvgIpc) is 2.98. The van der Waals surface area contributed by atoms with Crippen molar-refractivity contribution in [3.63, 3.8) is 0 Å². The first kappa shape index (κ1) is 16.3. The third-order valence-corrected chi connectivity index (χ3v) is 6.04. The molecule has 4 rings (SSSR count). The zero-order chi connectivity index (χ0) is 15.3. The molecule has 1 aromatic heterocycles. The lowest BCUT2D eigenvalue weighted by molar-refractivity contribution is -0.0496. The van der Waals surface area contributed by atoms with Gasteiger partial charge in [-0.2, -0.15) is 0 Å². The summed E-state index contributed by atoms with van der Waals surface area (Å²) in [5.41, 5.74) is 3.52. The van der Waals surface area contributed by atoms with Crippen LogP contribution in [0.1, 0.15) is 11.1 Å². The van der Waals surface area contributed by atoms with E-state index in [9.17, 15) is 5.11 Å². The number of rotatable bonds is 1. The number of nitrogens with zero attached hydrogens (tertiary/aromatic N) is 3. The van der Waals surface area contributed by atoms with Gasteiger partial charge in [0.2, 0.25) is 0 Å². The van der Waals surface area contributed by atoms with E-state index in [2.05, 4.69) is 28.2 Å². The van der Waals surface area contributed by atoms with Gasteiger partial charge in [-0.3, -0.25) is 9.98 Å². The molecule has 6 heteroatoms. The molecule has 2 unspecified atom stereocenters. The van der Waals surface area contributed by atoms with E-state index in [4.69, 9.17) is 0 Å². The summed E-state index contributed by atoms with van der Waals surface area (Å²) in [6, 6.07) is 10.3. The fourth-order valence-electron chi connectivity index (χ4n) is 3.43. The number of aliphatic imine (C=N–C) groups is 1. The minimum absolute atomic E-state index is 0. The molecule has 1 N–H and O–H groups in total. The lowest BCUT2D eigenvalue weighted by Crippen LogP contribution is -2.44. The van der Waals surface area contributed by atoms with Gasteiger partial charge in [-0.1, -0.05) is 36.0 Å². The van der Waals surface area contributed by atoms with Gasteiger partial charge in [0.25, 0.3) is 0 Å². The minimum atomic E-state index is -0.942. The maximum Gasteiger partial charge on any atom is 0.178 e. The summed E-state index contributed by atoms with van der Waals surface area (Å²) in [4.78, 5) is 10.4. The third kappa shape index (κ3) is 2.26. The number of pyridine rings is 1. The maximum absolute atomic E-state index is 11.2. The Morgan fingerprint density at radius 1 is 1.35 bits per heavy atom. The Labute approximate surface area is 146 Å². The van der Waals surface area contributed by atoms with Crippen molar-refractivity contribution >= 4 is 29.3 Å². The fourth-order valence-corrected chi connectivity index (χ4v) is 4.79. The van der Waals surface area contributed by atoms with E-state index >= 15 is 0 Å². The molecule has 120 valence electrons. The van der Waals surface area contributed by atoms with Crippen LogP contribution in [0.25, 0.3) is 11.1 Å². The van der Waals surface area contributed by atoms with Gasteiger partial charge >= 0.3 is 0 Å². The van der Waals surface area contributed by atoms with Crippen molar-refractivity contribution in [3.8, 4) is 11.1 Å². The predicted octanol–water partition coefficient (Wildman–Crippen LogP) is 2.90. The van der Waals surface area contributed by atoms with E-state index in [1.807, 2.05) is 30.3 Å². The van der Waals surface area contributed by atoms with E-state index in [1.54, 1.807) is 25.0 Å². The van der Waals surface area contributed by atoms with Crippen LogP contribution in [-0.2, 0) is 12.1 Å². The molecule has 1 aliphatic carbocycles. The summed E-state index contributed by atoms with van der Waals surface area (Å²) >= 11 is 1.66. The molecule has 1 saturated heterocycles. The van der Waals surface area contributed by atoms with Crippen LogP contribution in [0.4, 0.5) is 0 Å². The molecule has 0 spiro atoms. The lowest BCUT2D eigenvalue weighted by atomic mass is 9.99. The van der Waals surface area contributed by atoms with Gasteiger partial charge < -0.3 is 10.0 Å². The first-order valence-electron chi connectivity index (χ1n) is 7.28. The molecule has 2 aromatic rings. The van der Waals surface area contributed by atoms with E-state index in [1.165, 1.54) is 5.56 Å². The van der Waals surface area contributed by atoms with Crippen LogP contribution in [0.3, 0.4) is 0 Å². The van der Waals surface area contributed by atoms with Crippen molar-refractivity contribution in [1.29, 1.82) is 0 Å². The van der Waals surface area contributed by atoms with E-state index < -0.39 is 5.72 Å². The number of hydrogen-bond donors (Lipinski definition) is 1. The molecule has 23 heavy (non-hydrogen) atoms. The zero-order valence-electron chi connectivity index (χ0n) is 12.9. The molecule has 1 aromatic carbocycles. The van der Waals surface area contributed by atoms with Gasteiger partial charge in [0, 0.05) is 32.1 Å². The second-order valence-electron chi connectivity index (χ2n) is 5.72. The van der Waals surface area contributed by atoms with Gasteiger partial charge in [-0.05, 0) is 29.2 Å². The normalized spacial score (nSPS) is 26.8. The first-order valence-corrected chi connectivity index (χ1v) is 8.16. The standard InChI is InChI=1S/C17H17N3OS.ClH/c1-18-16-20(2)17(21)14-6-5-11(12-4-3-7-19-10-12)8-13(14)9-15(17)22-16;/h3-8,10,15,21H,9H2,1-2H3;1H.